The molecule has 6 heteroatoms. The number of hydrogen-bond acceptors (Lipinski definition) is 4. The molecule has 0 radical (unpaired) electrons. The van der Waals surface area contributed by atoms with Crippen LogP contribution in [0.15, 0.2) is 72.6 Å². The lowest BCUT2D eigenvalue weighted by Gasteiger charge is -2.31. The van der Waals surface area contributed by atoms with Crippen LogP contribution in [0.5, 0.6) is 0 Å². The predicted octanol–water partition coefficient (Wildman–Crippen LogP) is 5.80. The summed E-state index contributed by atoms with van der Waals surface area (Å²) in [6, 6.07) is 1.17. The summed E-state index contributed by atoms with van der Waals surface area (Å²) in [4.78, 5) is 8.13. The molecule has 0 aromatic rings. The van der Waals surface area contributed by atoms with Crippen LogP contribution >= 0.6 is 23.4 Å². The van der Waals surface area contributed by atoms with Gasteiger partial charge in [0.15, 0.2) is 0 Å². The van der Waals surface area contributed by atoms with Crippen molar-refractivity contribution < 1.29 is 4.74 Å². The lowest BCUT2D eigenvalue weighted by molar-refractivity contribution is 0.0567. The second-order valence-electron chi connectivity index (χ2n) is 8.32. The average Bonchev–Trinajstić information content (AvgIpc) is 2.93. The third kappa shape index (κ3) is 3.97. The lowest BCUT2D eigenvalue weighted by atomic mass is 10.0. The van der Waals surface area contributed by atoms with Gasteiger partial charge in [-0.05, 0) is 34.2 Å². The van der Waals surface area contributed by atoms with E-state index in [1.807, 2.05) is 12.3 Å². The second-order valence-corrected chi connectivity index (χ2v) is 15.3. The Kier molecular flexibility index (Phi) is 5.38. The van der Waals surface area contributed by atoms with E-state index in [2.05, 4.69) is 53.2 Å². The minimum absolute atomic E-state index is 0.557. The molecule has 0 bridgehead atoms. The molecule has 0 unspecified atom stereocenters. The summed E-state index contributed by atoms with van der Waals surface area (Å²) in [7, 11) is -1.09. The first-order chi connectivity index (χ1) is 12.9. The molecule has 0 aromatic carbocycles. The van der Waals surface area contributed by atoms with Crippen molar-refractivity contribution in [3.63, 3.8) is 0 Å². The van der Waals surface area contributed by atoms with Gasteiger partial charge in [-0.1, -0.05) is 61.2 Å². The molecule has 4 rings (SSSR count). The van der Waals surface area contributed by atoms with Crippen LogP contribution in [0, 0.1) is 0 Å². The van der Waals surface area contributed by atoms with Gasteiger partial charge in [-0.15, -0.1) is 0 Å². The monoisotopic (exact) mass is 416 g/mol. The number of ether oxygens (including phenoxy) is 1. The summed E-state index contributed by atoms with van der Waals surface area (Å²) in [5.41, 5.74) is 6.22. The van der Waals surface area contributed by atoms with Crippen molar-refractivity contribution in [1.82, 2.24) is 4.90 Å². The maximum atomic E-state index is 6.62. The number of rotatable bonds is 5. The number of allylic oxidation sites excluding steroid dienone is 9. The van der Waals surface area contributed by atoms with E-state index in [4.69, 9.17) is 16.3 Å². The molecule has 0 spiro atoms. The minimum Gasteiger partial charge on any atom is -0.361 e. The van der Waals surface area contributed by atoms with Crippen LogP contribution < -0.4 is 0 Å². The van der Waals surface area contributed by atoms with Crippen LogP contribution in [-0.2, 0) is 4.74 Å². The van der Waals surface area contributed by atoms with Gasteiger partial charge < -0.3 is 9.64 Å². The van der Waals surface area contributed by atoms with Gasteiger partial charge >= 0.3 is 0 Å². The SMILES string of the molecule is C[Si](C)(C)CCOCN1CN=CC2=C(Cl)C=CC3=C4SC=CC=C4CC3=C21. The Hall–Kier alpha value is -1.27. The highest BCUT2D eigenvalue weighted by Crippen LogP contribution is 2.49. The Morgan fingerprint density at radius 2 is 2.11 bits per heavy atom. The highest BCUT2D eigenvalue weighted by Gasteiger charge is 2.32. The quantitative estimate of drug-likeness (QED) is 0.418. The largest absolute Gasteiger partial charge is 0.361 e. The first kappa shape index (κ1) is 19.1. The van der Waals surface area contributed by atoms with E-state index in [-0.39, 0.29) is 0 Å². The fourth-order valence-corrected chi connectivity index (χ4v) is 5.43. The van der Waals surface area contributed by atoms with Crippen molar-refractivity contribution in [2.45, 2.75) is 32.1 Å². The Bertz CT molecular complexity index is 871. The summed E-state index contributed by atoms with van der Waals surface area (Å²) in [5, 5.41) is 2.89. The summed E-state index contributed by atoms with van der Waals surface area (Å²) in [5.74, 6) is 0. The van der Waals surface area contributed by atoms with Gasteiger partial charge in [-0.25, -0.2) is 0 Å². The van der Waals surface area contributed by atoms with Crippen LogP contribution in [0.3, 0.4) is 0 Å². The normalized spacial score (nSPS) is 21.5. The van der Waals surface area contributed by atoms with Gasteiger partial charge in [0.1, 0.15) is 13.4 Å². The zero-order valence-electron chi connectivity index (χ0n) is 16.1. The summed E-state index contributed by atoms with van der Waals surface area (Å²) >= 11 is 8.42. The van der Waals surface area contributed by atoms with E-state index in [9.17, 15) is 0 Å². The van der Waals surface area contributed by atoms with E-state index in [0.717, 1.165) is 23.6 Å². The Morgan fingerprint density at radius 3 is 2.93 bits per heavy atom. The van der Waals surface area contributed by atoms with E-state index >= 15 is 0 Å². The van der Waals surface area contributed by atoms with E-state index in [1.165, 1.54) is 33.4 Å². The summed E-state index contributed by atoms with van der Waals surface area (Å²) < 4.78 is 6.06. The minimum atomic E-state index is -1.09. The van der Waals surface area contributed by atoms with Crippen molar-refractivity contribution in [3.8, 4) is 0 Å². The molecule has 3 nitrogen and oxygen atoms in total. The van der Waals surface area contributed by atoms with Crippen molar-refractivity contribution in [1.29, 1.82) is 0 Å². The van der Waals surface area contributed by atoms with Crippen LogP contribution in [0.1, 0.15) is 6.42 Å². The third-order valence-corrected chi connectivity index (χ3v) is 8.06. The van der Waals surface area contributed by atoms with E-state index < -0.39 is 8.07 Å². The predicted molar refractivity (Wildman–Crippen MR) is 120 cm³/mol. The van der Waals surface area contributed by atoms with Crippen LogP contribution in [0.2, 0.25) is 25.7 Å². The Labute approximate surface area is 171 Å². The molecule has 0 amide bonds. The molecule has 0 aromatic heterocycles. The number of nitrogens with zero attached hydrogens (tertiary/aromatic N) is 2. The molecule has 2 aliphatic carbocycles. The van der Waals surface area contributed by atoms with Gasteiger partial charge in [0.25, 0.3) is 0 Å². The van der Waals surface area contributed by atoms with E-state index in [0.29, 0.717) is 13.4 Å². The number of halogens is 1. The van der Waals surface area contributed by atoms with Gasteiger partial charge in [-0.3, -0.25) is 4.99 Å². The lowest BCUT2D eigenvalue weighted by Crippen LogP contribution is -2.32. The van der Waals surface area contributed by atoms with Gasteiger partial charge in [0, 0.05) is 37.8 Å². The molecule has 142 valence electrons. The van der Waals surface area contributed by atoms with Crippen molar-refractivity contribution in [2.24, 2.45) is 4.99 Å². The molecular weight excluding hydrogens is 392 g/mol. The van der Waals surface area contributed by atoms with Crippen LogP contribution in [0.25, 0.3) is 0 Å². The molecule has 0 saturated heterocycles. The summed E-state index contributed by atoms with van der Waals surface area (Å²) in [6.45, 7) is 9.11. The molecule has 2 heterocycles. The molecule has 0 atom stereocenters. The fourth-order valence-electron chi connectivity index (χ4n) is 3.57. The maximum absolute atomic E-state index is 6.62. The average molecular weight is 417 g/mol. The zero-order chi connectivity index (χ0) is 19.0. The van der Waals surface area contributed by atoms with Crippen LogP contribution in [0.4, 0.5) is 0 Å². The number of hydrogen-bond donors (Lipinski definition) is 0. The zero-order valence-corrected chi connectivity index (χ0v) is 18.7. The van der Waals surface area contributed by atoms with E-state index in [1.54, 1.807) is 11.8 Å². The molecule has 4 aliphatic rings. The Morgan fingerprint density at radius 1 is 1.26 bits per heavy atom. The fraction of sp³-hybridized carbons (Fsp3) is 0.381. The van der Waals surface area contributed by atoms with Crippen molar-refractivity contribution >= 4 is 37.7 Å². The molecule has 0 fully saturated rings. The molecular formula is C21H25ClN2OSSi. The number of thioether (sulfide) groups is 1. The van der Waals surface area contributed by atoms with Gasteiger partial charge in [0.2, 0.25) is 0 Å². The number of aliphatic imine (C=N–C) groups is 1. The third-order valence-electron chi connectivity index (χ3n) is 5.02. The Balaban J connectivity index is 1.65. The standard InChI is InChI=1S/C21H25ClN2OSSi/c1-27(2,3)10-8-25-14-24-13-23-12-18-19(22)7-6-16-17(20(18)24)11-15-5-4-9-26-21(15)16/h4-7,9,12H,8,10-11,13-14H2,1-3H3. The van der Waals surface area contributed by atoms with Gasteiger partial charge in [-0.2, -0.15) is 0 Å². The second kappa shape index (κ2) is 7.63. The maximum Gasteiger partial charge on any atom is 0.120 e. The topological polar surface area (TPSA) is 24.8 Å². The van der Waals surface area contributed by atoms with Gasteiger partial charge in [0.05, 0.1) is 10.7 Å². The molecule has 0 N–H and O–H groups in total. The molecule has 0 saturated carbocycles. The van der Waals surface area contributed by atoms with Crippen molar-refractivity contribution in [3.05, 3.63) is 67.6 Å². The molecule has 2 aliphatic heterocycles. The highest BCUT2D eigenvalue weighted by atomic mass is 35.5. The highest BCUT2D eigenvalue weighted by molar-refractivity contribution is 8.06. The smallest absolute Gasteiger partial charge is 0.120 e. The number of fused-ring (bicyclic) bond motifs is 3. The molecule has 27 heavy (non-hydrogen) atoms. The first-order valence-electron chi connectivity index (χ1n) is 9.35. The summed E-state index contributed by atoms with van der Waals surface area (Å²) in [6.07, 6.45) is 11.4. The van der Waals surface area contributed by atoms with Crippen LogP contribution in [-0.4, -0.2) is 39.2 Å². The van der Waals surface area contributed by atoms with Crippen molar-refractivity contribution in [2.75, 3.05) is 20.0 Å². The first-order valence-corrected chi connectivity index (χ1v) is 14.3.